The highest BCUT2D eigenvalue weighted by Crippen LogP contribution is 2.37. The van der Waals surface area contributed by atoms with Crippen molar-refractivity contribution in [1.82, 2.24) is 9.55 Å². The number of nitrogens with zero attached hydrogens (tertiary/aromatic N) is 3. The van der Waals surface area contributed by atoms with E-state index in [9.17, 15) is 0 Å². The number of anilines is 1. The zero-order valence-electron chi connectivity index (χ0n) is 23.3. The van der Waals surface area contributed by atoms with Gasteiger partial charge in [-0.3, -0.25) is 0 Å². The number of aromatic nitrogens is 2. The van der Waals surface area contributed by atoms with Crippen molar-refractivity contribution in [1.29, 1.82) is 0 Å². The molecule has 4 aromatic rings. The molecule has 0 radical (unpaired) electrons. The lowest BCUT2D eigenvalue weighted by Gasteiger charge is -2.32. The topological polar surface area (TPSA) is 58.0 Å². The highest BCUT2D eigenvalue weighted by molar-refractivity contribution is 6.62. The molecule has 8 heteroatoms. The Morgan fingerprint density at radius 2 is 1.32 bits per heavy atom. The molecule has 1 fully saturated rings. The van der Waals surface area contributed by atoms with Crippen molar-refractivity contribution in [3.8, 4) is 11.5 Å². The van der Waals surface area contributed by atoms with Crippen LogP contribution < -0.4 is 19.8 Å². The standard InChI is InChI=1S/C30H36BN3O4/c1-29(2)30(3,4)38-31(37-29)23-16-26-28(32-20-33(26)5)27(17-23)34(18-21-8-12-24(35-6)13-9-21)19-22-10-14-25(36-7)15-11-22/h8-17,20H,18-19H2,1-7H3. The number of hydrogen-bond acceptors (Lipinski definition) is 6. The largest absolute Gasteiger partial charge is 0.497 e. The van der Waals surface area contributed by atoms with E-state index in [1.807, 2.05) is 42.2 Å². The molecule has 0 N–H and O–H groups in total. The van der Waals surface area contributed by atoms with Crippen molar-refractivity contribution in [2.45, 2.75) is 52.0 Å². The molecule has 5 rings (SSSR count). The van der Waals surface area contributed by atoms with Crippen molar-refractivity contribution in [2.75, 3.05) is 19.1 Å². The van der Waals surface area contributed by atoms with Crippen LogP contribution in [0, 0.1) is 0 Å². The number of methoxy groups -OCH3 is 2. The van der Waals surface area contributed by atoms with Gasteiger partial charge in [0.1, 0.15) is 17.0 Å². The van der Waals surface area contributed by atoms with Gasteiger partial charge in [0, 0.05) is 20.1 Å². The Balaban J connectivity index is 1.59. The van der Waals surface area contributed by atoms with Gasteiger partial charge in [-0.15, -0.1) is 0 Å². The van der Waals surface area contributed by atoms with Gasteiger partial charge in [0.15, 0.2) is 0 Å². The summed E-state index contributed by atoms with van der Waals surface area (Å²) in [6, 6.07) is 20.7. The average molecular weight is 513 g/mol. The van der Waals surface area contributed by atoms with Crippen LogP contribution in [0.3, 0.4) is 0 Å². The minimum Gasteiger partial charge on any atom is -0.497 e. The summed E-state index contributed by atoms with van der Waals surface area (Å²) in [6.45, 7) is 9.70. The Morgan fingerprint density at radius 1 is 0.816 bits per heavy atom. The van der Waals surface area contributed by atoms with Crippen LogP contribution >= 0.6 is 0 Å². The molecule has 0 bridgehead atoms. The molecule has 3 aromatic carbocycles. The molecule has 198 valence electrons. The lowest BCUT2D eigenvalue weighted by Crippen LogP contribution is -2.41. The maximum atomic E-state index is 6.44. The second-order valence-corrected chi connectivity index (χ2v) is 10.9. The molecule has 2 heterocycles. The Kier molecular flexibility index (Phi) is 6.88. The molecule has 1 saturated heterocycles. The van der Waals surface area contributed by atoms with Crippen LogP contribution in [0.1, 0.15) is 38.8 Å². The third-order valence-corrected chi connectivity index (χ3v) is 7.76. The Hall–Kier alpha value is -3.49. The number of benzene rings is 3. The monoisotopic (exact) mass is 513 g/mol. The van der Waals surface area contributed by atoms with E-state index < -0.39 is 18.3 Å². The first-order chi connectivity index (χ1) is 18.1. The zero-order chi connectivity index (χ0) is 27.1. The summed E-state index contributed by atoms with van der Waals surface area (Å²) in [5.41, 5.74) is 5.46. The maximum Gasteiger partial charge on any atom is 0.494 e. The number of ether oxygens (including phenoxy) is 2. The van der Waals surface area contributed by atoms with Crippen LogP contribution in [-0.4, -0.2) is 42.1 Å². The molecule has 38 heavy (non-hydrogen) atoms. The third-order valence-electron chi connectivity index (χ3n) is 7.76. The number of hydrogen-bond donors (Lipinski definition) is 0. The van der Waals surface area contributed by atoms with Crippen LogP contribution in [0.4, 0.5) is 5.69 Å². The molecular weight excluding hydrogens is 477 g/mol. The molecule has 1 aromatic heterocycles. The predicted octanol–water partition coefficient (Wildman–Crippen LogP) is 5.10. The van der Waals surface area contributed by atoms with Crippen molar-refractivity contribution >= 4 is 29.3 Å². The van der Waals surface area contributed by atoms with Crippen LogP contribution in [0.5, 0.6) is 11.5 Å². The first-order valence-electron chi connectivity index (χ1n) is 12.9. The lowest BCUT2D eigenvalue weighted by molar-refractivity contribution is 0.00578. The lowest BCUT2D eigenvalue weighted by atomic mass is 9.78. The molecule has 0 aliphatic carbocycles. The quantitative estimate of drug-likeness (QED) is 0.306. The average Bonchev–Trinajstić information content (AvgIpc) is 3.38. The fraction of sp³-hybridized carbons (Fsp3) is 0.367. The van der Waals surface area contributed by atoms with E-state index in [2.05, 4.69) is 69.0 Å². The number of fused-ring (bicyclic) bond motifs is 1. The SMILES string of the molecule is COc1ccc(CN(Cc2ccc(OC)cc2)c2cc(B3OC(C)(C)C(C)(C)O3)cc3c2ncn3C)cc1. The number of aryl methyl sites for hydroxylation is 1. The second-order valence-electron chi connectivity index (χ2n) is 10.9. The van der Waals surface area contributed by atoms with E-state index in [-0.39, 0.29) is 0 Å². The van der Waals surface area contributed by atoms with E-state index in [0.29, 0.717) is 13.1 Å². The third kappa shape index (κ3) is 4.98. The van der Waals surface area contributed by atoms with Gasteiger partial charge in [-0.25, -0.2) is 4.98 Å². The Morgan fingerprint density at radius 3 is 1.79 bits per heavy atom. The van der Waals surface area contributed by atoms with Gasteiger partial charge in [0.05, 0.1) is 43.0 Å². The highest BCUT2D eigenvalue weighted by atomic mass is 16.7. The van der Waals surface area contributed by atoms with E-state index in [0.717, 1.165) is 33.7 Å². The van der Waals surface area contributed by atoms with Gasteiger partial charge in [-0.2, -0.15) is 0 Å². The number of rotatable bonds is 8. The minimum absolute atomic E-state index is 0.425. The molecule has 0 atom stereocenters. The molecule has 0 saturated carbocycles. The first-order valence-corrected chi connectivity index (χ1v) is 12.9. The predicted molar refractivity (Wildman–Crippen MR) is 152 cm³/mol. The van der Waals surface area contributed by atoms with Gasteiger partial charge < -0.3 is 28.2 Å². The Bertz CT molecular complexity index is 1350. The summed E-state index contributed by atoms with van der Waals surface area (Å²) >= 11 is 0. The number of imidazole rings is 1. The minimum atomic E-state index is -0.470. The smallest absolute Gasteiger partial charge is 0.494 e. The van der Waals surface area contributed by atoms with Gasteiger partial charge in [0.2, 0.25) is 0 Å². The summed E-state index contributed by atoms with van der Waals surface area (Å²) in [7, 11) is 4.92. The summed E-state index contributed by atoms with van der Waals surface area (Å²) in [5, 5.41) is 0. The highest BCUT2D eigenvalue weighted by Gasteiger charge is 2.52. The van der Waals surface area contributed by atoms with E-state index in [1.165, 1.54) is 11.1 Å². The molecule has 1 aliphatic heterocycles. The van der Waals surface area contributed by atoms with Crippen LogP contribution in [0.2, 0.25) is 0 Å². The maximum absolute atomic E-state index is 6.44. The van der Waals surface area contributed by atoms with E-state index in [1.54, 1.807) is 14.2 Å². The van der Waals surface area contributed by atoms with Gasteiger partial charge in [-0.05, 0) is 80.7 Å². The van der Waals surface area contributed by atoms with E-state index in [4.69, 9.17) is 23.8 Å². The first kappa shape index (κ1) is 26.1. The van der Waals surface area contributed by atoms with Gasteiger partial charge in [0.25, 0.3) is 0 Å². The van der Waals surface area contributed by atoms with Gasteiger partial charge in [-0.1, -0.05) is 24.3 Å². The molecular formula is C30H36BN3O4. The van der Waals surface area contributed by atoms with Crippen molar-refractivity contribution in [3.63, 3.8) is 0 Å². The zero-order valence-corrected chi connectivity index (χ0v) is 23.3. The molecule has 7 nitrogen and oxygen atoms in total. The van der Waals surface area contributed by atoms with Crippen molar-refractivity contribution < 1.29 is 18.8 Å². The summed E-state index contributed by atoms with van der Waals surface area (Å²) in [4.78, 5) is 7.16. The molecule has 0 amide bonds. The second kappa shape index (κ2) is 10.0. The van der Waals surface area contributed by atoms with Gasteiger partial charge >= 0.3 is 7.12 Å². The molecule has 0 unspecified atom stereocenters. The van der Waals surface area contributed by atoms with Crippen molar-refractivity contribution in [2.24, 2.45) is 7.05 Å². The van der Waals surface area contributed by atoms with Crippen LogP contribution in [0.15, 0.2) is 67.0 Å². The fourth-order valence-corrected chi connectivity index (χ4v) is 4.72. The normalized spacial score (nSPS) is 16.1. The van der Waals surface area contributed by atoms with E-state index >= 15 is 0 Å². The summed E-state index contributed by atoms with van der Waals surface area (Å²) < 4.78 is 25.7. The summed E-state index contributed by atoms with van der Waals surface area (Å²) in [5.74, 6) is 1.68. The van der Waals surface area contributed by atoms with Crippen LogP contribution in [-0.2, 0) is 29.4 Å². The molecule has 1 aliphatic rings. The van der Waals surface area contributed by atoms with Crippen LogP contribution in [0.25, 0.3) is 11.0 Å². The van der Waals surface area contributed by atoms with Crippen molar-refractivity contribution in [3.05, 3.63) is 78.1 Å². The fourth-order valence-electron chi connectivity index (χ4n) is 4.72. The Labute approximate surface area is 225 Å². The molecule has 0 spiro atoms. The summed E-state index contributed by atoms with van der Waals surface area (Å²) in [6.07, 6.45) is 1.86.